The van der Waals surface area contributed by atoms with E-state index in [0.717, 1.165) is 19.4 Å². The average molecular weight is 326 g/mol. The van der Waals surface area contributed by atoms with Gasteiger partial charge in [-0.1, -0.05) is 67.6 Å². The Labute approximate surface area is 144 Å². The van der Waals surface area contributed by atoms with E-state index in [2.05, 4.69) is 31.2 Å². The van der Waals surface area contributed by atoms with Gasteiger partial charge in [0, 0.05) is 6.61 Å². The van der Waals surface area contributed by atoms with Gasteiger partial charge in [-0.3, -0.25) is 0 Å². The fraction of sp³-hybridized carbons (Fsp3) is 0.429. The summed E-state index contributed by atoms with van der Waals surface area (Å²) >= 11 is 0. The lowest BCUT2D eigenvalue weighted by Gasteiger charge is -2.37. The Morgan fingerprint density at radius 1 is 0.875 bits per heavy atom. The molecule has 2 aromatic rings. The van der Waals surface area contributed by atoms with E-state index in [1.54, 1.807) is 0 Å². The topological polar surface area (TPSA) is 27.7 Å². The first-order valence-electron chi connectivity index (χ1n) is 8.79. The third kappa shape index (κ3) is 4.67. The molecule has 3 unspecified atom stereocenters. The summed E-state index contributed by atoms with van der Waals surface area (Å²) in [6, 6.07) is 20.6. The van der Waals surface area contributed by atoms with Crippen LogP contribution in [0.5, 0.6) is 0 Å². The van der Waals surface area contributed by atoms with Gasteiger partial charge in [0.05, 0.1) is 25.4 Å². The SMILES string of the molecule is CCC1OCCC(OCc2ccccc2)C1OCc1ccccc1. The van der Waals surface area contributed by atoms with Crippen LogP contribution in [0.3, 0.4) is 0 Å². The highest BCUT2D eigenvalue weighted by Gasteiger charge is 2.34. The second-order valence-electron chi connectivity index (χ2n) is 6.20. The lowest BCUT2D eigenvalue weighted by Crippen LogP contribution is -2.47. The molecule has 1 heterocycles. The Balaban J connectivity index is 1.61. The Kier molecular flexibility index (Phi) is 6.41. The van der Waals surface area contributed by atoms with E-state index in [-0.39, 0.29) is 18.3 Å². The van der Waals surface area contributed by atoms with E-state index in [0.29, 0.717) is 13.2 Å². The molecule has 0 radical (unpaired) electrons. The molecule has 3 rings (SSSR count). The first-order valence-corrected chi connectivity index (χ1v) is 8.79. The molecular formula is C21H26O3. The zero-order valence-corrected chi connectivity index (χ0v) is 14.3. The molecule has 0 saturated carbocycles. The first-order chi connectivity index (χ1) is 11.9. The number of benzene rings is 2. The minimum absolute atomic E-state index is 0.0207. The van der Waals surface area contributed by atoms with Gasteiger partial charge >= 0.3 is 0 Å². The van der Waals surface area contributed by atoms with Gasteiger partial charge in [0.15, 0.2) is 0 Å². The van der Waals surface area contributed by atoms with Crippen LogP contribution in [0.2, 0.25) is 0 Å². The zero-order valence-electron chi connectivity index (χ0n) is 14.3. The van der Waals surface area contributed by atoms with Crippen LogP contribution in [-0.2, 0) is 27.4 Å². The fourth-order valence-corrected chi connectivity index (χ4v) is 3.12. The summed E-state index contributed by atoms with van der Waals surface area (Å²) < 4.78 is 18.3. The molecule has 0 aromatic heterocycles. The Bertz CT molecular complexity index is 585. The molecule has 3 atom stereocenters. The Morgan fingerprint density at radius 3 is 2.04 bits per heavy atom. The molecule has 0 amide bonds. The summed E-state index contributed by atoms with van der Waals surface area (Å²) in [6.45, 7) is 4.09. The summed E-state index contributed by atoms with van der Waals surface area (Å²) in [5.41, 5.74) is 2.37. The maximum Gasteiger partial charge on any atom is 0.110 e. The molecule has 1 aliphatic rings. The summed E-state index contributed by atoms with van der Waals surface area (Å²) in [5, 5.41) is 0. The van der Waals surface area contributed by atoms with Crippen molar-refractivity contribution in [1.82, 2.24) is 0 Å². The predicted octanol–water partition coefficient (Wildman–Crippen LogP) is 4.36. The van der Waals surface area contributed by atoms with Crippen LogP contribution in [0.25, 0.3) is 0 Å². The first kappa shape index (κ1) is 17.2. The number of hydrogen-bond acceptors (Lipinski definition) is 3. The summed E-state index contributed by atoms with van der Waals surface area (Å²) in [7, 11) is 0. The van der Waals surface area contributed by atoms with Crippen molar-refractivity contribution in [2.75, 3.05) is 6.61 Å². The molecule has 24 heavy (non-hydrogen) atoms. The van der Waals surface area contributed by atoms with Gasteiger partial charge < -0.3 is 14.2 Å². The second-order valence-corrected chi connectivity index (χ2v) is 6.20. The van der Waals surface area contributed by atoms with E-state index in [9.17, 15) is 0 Å². The molecule has 0 spiro atoms. The monoisotopic (exact) mass is 326 g/mol. The van der Waals surface area contributed by atoms with E-state index >= 15 is 0 Å². The Morgan fingerprint density at radius 2 is 1.46 bits per heavy atom. The van der Waals surface area contributed by atoms with E-state index in [4.69, 9.17) is 14.2 Å². The molecule has 3 nitrogen and oxygen atoms in total. The normalized spacial score (nSPS) is 24.0. The number of ether oxygens (including phenoxy) is 3. The minimum atomic E-state index is -0.0207. The van der Waals surface area contributed by atoms with Crippen LogP contribution in [0.1, 0.15) is 30.9 Å². The molecule has 3 heteroatoms. The van der Waals surface area contributed by atoms with Crippen molar-refractivity contribution >= 4 is 0 Å². The van der Waals surface area contributed by atoms with Crippen LogP contribution in [0, 0.1) is 0 Å². The molecule has 1 fully saturated rings. The van der Waals surface area contributed by atoms with Crippen LogP contribution in [0.4, 0.5) is 0 Å². The molecule has 0 N–H and O–H groups in total. The van der Waals surface area contributed by atoms with Gasteiger partial charge in [-0.15, -0.1) is 0 Å². The lowest BCUT2D eigenvalue weighted by molar-refractivity contribution is -0.184. The van der Waals surface area contributed by atoms with Crippen molar-refractivity contribution in [1.29, 1.82) is 0 Å². The van der Waals surface area contributed by atoms with Crippen molar-refractivity contribution < 1.29 is 14.2 Å². The maximum absolute atomic E-state index is 6.22. The van der Waals surface area contributed by atoms with Gasteiger partial charge in [0.1, 0.15) is 6.10 Å². The third-order valence-corrected chi connectivity index (χ3v) is 4.46. The second kappa shape index (κ2) is 8.97. The molecule has 0 aliphatic carbocycles. The highest BCUT2D eigenvalue weighted by Crippen LogP contribution is 2.25. The smallest absolute Gasteiger partial charge is 0.110 e. The van der Waals surface area contributed by atoms with Crippen molar-refractivity contribution in [2.45, 2.75) is 51.3 Å². The average Bonchev–Trinajstić information content (AvgIpc) is 2.66. The highest BCUT2D eigenvalue weighted by atomic mass is 16.6. The lowest BCUT2D eigenvalue weighted by atomic mass is 10.00. The van der Waals surface area contributed by atoms with Gasteiger partial charge in [0.2, 0.25) is 0 Å². The Hall–Kier alpha value is -1.68. The molecule has 128 valence electrons. The van der Waals surface area contributed by atoms with Gasteiger partial charge in [-0.25, -0.2) is 0 Å². The molecule has 1 saturated heterocycles. The zero-order chi connectivity index (χ0) is 16.6. The minimum Gasteiger partial charge on any atom is -0.375 e. The van der Waals surface area contributed by atoms with Crippen molar-refractivity contribution in [3.63, 3.8) is 0 Å². The third-order valence-electron chi connectivity index (χ3n) is 4.46. The highest BCUT2D eigenvalue weighted by molar-refractivity contribution is 5.14. The fourth-order valence-electron chi connectivity index (χ4n) is 3.12. The van der Waals surface area contributed by atoms with Gasteiger partial charge in [-0.05, 0) is 24.0 Å². The summed E-state index contributed by atoms with van der Waals surface area (Å²) in [6.07, 6.45) is 1.97. The van der Waals surface area contributed by atoms with E-state index < -0.39 is 0 Å². The summed E-state index contributed by atoms with van der Waals surface area (Å²) in [5.74, 6) is 0. The van der Waals surface area contributed by atoms with Crippen LogP contribution < -0.4 is 0 Å². The number of rotatable bonds is 7. The van der Waals surface area contributed by atoms with Crippen LogP contribution in [-0.4, -0.2) is 24.9 Å². The van der Waals surface area contributed by atoms with Crippen molar-refractivity contribution in [3.8, 4) is 0 Å². The van der Waals surface area contributed by atoms with E-state index in [1.165, 1.54) is 11.1 Å². The quantitative estimate of drug-likeness (QED) is 0.757. The van der Waals surface area contributed by atoms with Crippen LogP contribution in [0.15, 0.2) is 60.7 Å². The molecule has 1 aliphatic heterocycles. The van der Waals surface area contributed by atoms with Crippen molar-refractivity contribution in [2.24, 2.45) is 0 Å². The van der Waals surface area contributed by atoms with E-state index in [1.807, 2.05) is 36.4 Å². The molecular weight excluding hydrogens is 300 g/mol. The maximum atomic E-state index is 6.22. The van der Waals surface area contributed by atoms with Crippen LogP contribution >= 0.6 is 0 Å². The van der Waals surface area contributed by atoms with Gasteiger partial charge in [0.25, 0.3) is 0 Å². The summed E-state index contributed by atoms with van der Waals surface area (Å²) in [4.78, 5) is 0. The molecule has 2 aromatic carbocycles. The van der Waals surface area contributed by atoms with Gasteiger partial charge in [-0.2, -0.15) is 0 Å². The number of hydrogen-bond donors (Lipinski definition) is 0. The standard InChI is InChI=1S/C21H26O3/c1-2-19-21(24-16-18-11-7-4-8-12-18)20(13-14-22-19)23-15-17-9-5-3-6-10-17/h3-12,19-21H,2,13-16H2,1H3. The van der Waals surface area contributed by atoms with Crippen molar-refractivity contribution in [3.05, 3.63) is 71.8 Å². The molecule has 0 bridgehead atoms. The predicted molar refractivity (Wildman–Crippen MR) is 94.7 cm³/mol. The largest absolute Gasteiger partial charge is 0.375 e.